The normalized spacial score (nSPS) is 21.9. The third-order valence-electron chi connectivity index (χ3n) is 3.45. The standard InChI is InChI=1S/C11H17NO2/c1-8(2)11(7-12,10(13)14)9-5-3-4-6-9/h8-9H,3-6H2,1-2H3,(H,13,14). The summed E-state index contributed by atoms with van der Waals surface area (Å²) in [6.45, 7) is 3.66. The molecule has 0 heterocycles. The van der Waals surface area contributed by atoms with Gasteiger partial charge in [0.2, 0.25) is 0 Å². The van der Waals surface area contributed by atoms with Crippen LogP contribution in [0.3, 0.4) is 0 Å². The second-order valence-electron chi connectivity index (χ2n) is 4.42. The quantitative estimate of drug-likeness (QED) is 0.752. The Balaban J connectivity index is 3.01. The highest BCUT2D eigenvalue weighted by atomic mass is 16.4. The summed E-state index contributed by atoms with van der Waals surface area (Å²) in [4.78, 5) is 11.3. The molecule has 1 atom stereocenters. The minimum absolute atomic E-state index is 0.0463. The minimum Gasteiger partial charge on any atom is -0.480 e. The van der Waals surface area contributed by atoms with E-state index in [-0.39, 0.29) is 11.8 Å². The van der Waals surface area contributed by atoms with Gasteiger partial charge < -0.3 is 5.11 Å². The van der Waals surface area contributed by atoms with E-state index in [1.165, 1.54) is 0 Å². The highest BCUT2D eigenvalue weighted by Crippen LogP contribution is 2.44. The molecule has 1 saturated carbocycles. The van der Waals surface area contributed by atoms with Crippen LogP contribution >= 0.6 is 0 Å². The molecule has 0 spiro atoms. The summed E-state index contributed by atoms with van der Waals surface area (Å²) in [6, 6.07) is 2.06. The number of nitriles is 1. The van der Waals surface area contributed by atoms with Crippen molar-refractivity contribution in [1.82, 2.24) is 0 Å². The summed E-state index contributed by atoms with van der Waals surface area (Å²) in [5, 5.41) is 18.4. The zero-order valence-electron chi connectivity index (χ0n) is 8.79. The van der Waals surface area contributed by atoms with Crippen LogP contribution in [-0.4, -0.2) is 11.1 Å². The van der Waals surface area contributed by atoms with E-state index in [1.807, 2.05) is 13.8 Å². The van der Waals surface area contributed by atoms with Crippen LogP contribution in [0.2, 0.25) is 0 Å². The van der Waals surface area contributed by atoms with Gasteiger partial charge in [0, 0.05) is 0 Å². The van der Waals surface area contributed by atoms with Gasteiger partial charge in [0.1, 0.15) is 0 Å². The van der Waals surface area contributed by atoms with Crippen LogP contribution in [0.5, 0.6) is 0 Å². The zero-order valence-corrected chi connectivity index (χ0v) is 8.79. The van der Waals surface area contributed by atoms with E-state index in [9.17, 15) is 9.90 Å². The molecular weight excluding hydrogens is 178 g/mol. The molecular formula is C11H17NO2. The Morgan fingerprint density at radius 1 is 1.50 bits per heavy atom. The predicted molar refractivity (Wildman–Crippen MR) is 52.5 cm³/mol. The van der Waals surface area contributed by atoms with Crippen LogP contribution in [0.1, 0.15) is 39.5 Å². The van der Waals surface area contributed by atoms with Gasteiger partial charge in [0.15, 0.2) is 5.41 Å². The van der Waals surface area contributed by atoms with Crippen molar-refractivity contribution in [2.45, 2.75) is 39.5 Å². The Kier molecular flexibility index (Phi) is 3.15. The van der Waals surface area contributed by atoms with E-state index < -0.39 is 11.4 Å². The van der Waals surface area contributed by atoms with Gasteiger partial charge in [-0.2, -0.15) is 5.26 Å². The molecule has 0 amide bonds. The summed E-state index contributed by atoms with van der Waals surface area (Å²) in [7, 11) is 0. The monoisotopic (exact) mass is 195 g/mol. The molecule has 1 unspecified atom stereocenters. The first-order valence-electron chi connectivity index (χ1n) is 5.20. The topological polar surface area (TPSA) is 61.1 Å². The Morgan fingerprint density at radius 2 is 2.00 bits per heavy atom. The number of hydrogen-bond donors (Lipinski definition) is 1. The van der Waals surface area contributed by atoms with Crippen molar-refractivity contribution in [3.8, 4) is 6.07 Å². The van der Waals surface area contributed by atoms with Gasteiger partial charge in [0.05, 0.1) is 6.07 Å². The summed E-state index contributed by atoms with van der Waals surface area (Å²) in [5.74, 6) is -1.01. The van der Waals surface area contributed by atoms with Crippen LogP contribution in [0.4, 0.5) is 0 Å². The fraction of sp³-hybridized carbons (Fsp3) is 0.818. The summed E-state index contributed by atoms with van der Waals surface area (Å²) in [6.07, 6.45) is 3.90. The Labute approximate surface area is 84.7 Å². The fourth-order valence-electron chi connectivity index (χ4n) is 2.54. The molecule has 1 fully saturated rings. The number of carbonyl (C=O) groups is 1. The Hall–Kier alpha value is -1.04. The molecule has 78 valence electrons. The van der Waals surface area contributed by atoms with E-state index in [1.54, 1.807) is 0 Å². The van der Waals surface area contributed by atoms with E-state index in [2.05, 4.69) is 6.07 Å². The molecule has 3 heteroatoms. The molecule has 0 bridgehead atoms. The van der Waals surface area contributed by atoms with Crippen molar-refractivity contribution >= 4 is 5.97 Å². The highest BCUT2D eigenvalue weighted by molar-refractivity contribution is 5.78. The fourth-order valence-corrected chi connectivity index (χ4v) is 2.54. The van der Waals surface area contributed by atoms with Crippen molar-refractivity contribution in [3.05, 3.63) is 0 Å². The number of carboxylic acid groups (broad SMARTS) is 1. The number of carboxylic acids is 1. The SMILES string of the molecule is CC(C)C(C#N)(C(=O)O)C1CCCC1. The maximum absolute atomic E-state index is 11.3. The van der Waals surface area contributed by atoms with Crippen LogP contribution in [0.15, 0.2) is 0 Å². The number of hydrogen-bond acceptors (Lipinski definition) is 2. The number of rotatable bonds is 3. The van der Waals surface area contributed by atoms with Crippen molar-refractivity contribution in [2.75, 3.05) is 0 Å². The lowest BCUT2D eigenvalue weighted by molar-refractivity contribution is -0.151. The maximum Gasteiger partial charge on any atom is 0.324 e. The molecule has 1 N–H and O–H groups in total. The van der Waals surface area contributed by atoms with Gasteiger partial charge in [-0.25, -0.2) is 0 Å². The highest BCUT2D eigenvalue weighted by Gasteiger charge is 2.49. The van der Waals surface area contributed by atoms with Gasteiger partial charge in [-0.1, -0.05) is 26.7 Å². The van der Waals surface area contributed by atoms with Crippen LogP contribution in [-0.2, 0) is 4.79 Å². The molecule has 14 heavy (non-hydrogen) atoms. The Morgan fingerprint density at radius 3 is 2.29 bits per heavy atom. The van der Waals surface area contributed by atoms with Gasteiger partial charge in [-0.3, -0.25) is 4.79 Å². The first-order chi connectivity index (χ1) is 6.55. The smallest absolute Gasteiger partial charge is 0.324 e. The molecule has 3 nitrogen and oxygen atoms in total. The average molecular weight is 195 g/mol. The predicted octanol–water partition coefficient (Wildman–Crippen LogP) is 2.43. The van der Waals surface area contributed by atoms with Crippen molar-refractivity contribution in [3.63, 3.8) is 0 Å². The third kappa shape index (κ3) is 1.50. The lowest BCUT2D eigenvalue weighted by Crippen LogP contribution is -2.41. The third-order valence-corrected chi connectivity index (χ3v) is 3.45. The lowest BCUT2D eigenvalue weighted by atomic mass is 9.68. The average Bonchev–Trinajstić information content (AvgIpc) is 2.58. The molecule has 0 aliphatic heterocycles. The molecule has 0 saturated heterocycles. The van der Waals surface area contributed by atoms with Crippen molar-refractivity contribution in [1.29, 1.82) is 5.26 Å². The molecule has 0 aromatic carbocycles. The van der Waals surface area contributed by atoms with Gasteiger partial charge >= 0.3 is 5.97 Å². The zero-order chi connectivity index (χ0) is 10.8. The van der Waals surface area contributed by atoms with Crippen LogP contribution in [0, 0.1) is 28.6 Å². The van der Waals surface area contributed by atoms with Gasteiger partial charge in [0.25, 0.3) is 0 Å². The van der Waals surface area contributed by atoms with Gasteiger partial charge in [-0.05, 0) is 24.7 Å². The molecule has 0 aromatic rings. The van der Waals surface area contributed by atoms with E-state index in [4.69, 9.17) is 5.26 Å². The largest absolute Gasteiger partial charge is 0.480 e. The second-order valence-corrected chi connectivity index (χ2v) is 4.42. The van der Waals surface area contributed by atoms with Crippen molar-refractivity contribution in [2.24, 2.45) is 17.3 Å². The van der Waals surface area contributed by atoms with Gasteiger partial charge in [-0.15, -0.1) is 0 Å². The van der Waals surface area contributed by atoms with Crippen LogP contribution < -0.4 is 0 Å². The van der Waals surface area contributed by atoms with E-state index in [0.29, 0.717) is 0 Å². The Bertz CT molecular complexity index is 261. The number of nitrogens with zero attached hydrogens (tertiary/aromatic N) is 1. The first-order valence-corrected chi connectivity index (χ1v) is 5.20. The summed E-state index contributed by atoms with van der Waals surface area (Å²) in [5.41, 5.74) is -1.16. The summed E-state index contributed by atoms with van der Waals surface area (Å²) < 4.78 is 0. The molecule has 1 rings (SSSR count). The minimum atomic E-state index is -1.16. The molecule has 0 radical (unpaired) electrons. The number of aliphatic carboxylic acids is 1. The maximum atomic E-state index is 11.3. The van der Waals surface area contributed by atoms with Crippen molar-refractivity contribution < 1.29 is 9.90 Å². The lowest BCUT2D eigenvalue weighted by Gasteiger charge is -2.31. The molecule has 0 aromatic heterocycles. The molecule has 1 aliphatic carbocycles. The summed E-state index contributed by atoms with van der Waals surface area (Å²) >= 11 is 0. The van der Waals surface area contributed by atoms with E-state index >= 15 is 0 Å². The van der Waals surface area contributed by atoms with Crippen LogP contribution in [0.25, 0.3) is 0 Å². The van der Waals surface area contributed by atoms with E-state index in [0.717, 1.165) is 25.7 Å². The second kappa shape index (κ2) is 4.00. The molecule has 1 aliphatic rings. The first kappa shape index (κ1) is 11.0.